The Morgan fingerprint density at radius 1 is 1.22 bits per heavy atom. The average Bonchev–Trinajstić information content (AvgIpc) is 1.94. The SMILES string of the molecule is C1CCN2CCC2NC1. The Balaban J connectivity index is 1.90. The van der Waals surface area contributed by atoms with Crippen LogP contribution in [0.4, 0.5) is 0 Å². The van der Waals surface area contributed by atoms with Gasteiger partial charge in [0.1, 0.15) is 0 Å². The lowest BCUT2D eigenvalue weighted by Gasteiger charge is -2.39. The second-order valence-electron chi connectivity index (χ2n) is 3.00. The average molecular weight is 126 g/mol. The van der Waals surface area contributed by atoms with Crippen LogP contribution in [0, 0.1) is 0 Å². The number of hydrogen-bond donors (Lipinski definition) is 1. The Labute approximate surface area is 56.2 Å². The van der Waals surface area contributed by atoms with Crippen molar-refractivity contribution in [2.24, 2.45) is 0 Å². The smallest absolute Gasteiger partial charge is 0.0609 e. The Bertz CT molecular complexity index is 91.1. The summed E-state index contributed by atoms with van der Waals surface area (Å²) in [7, 11) is 0. The van der Waals surface area contributed by atoms with Gasteiger partial charge in [-0.3, -0.25) is 4.90 Å². The maximum absolute atomic E-state index is 3.51. The molecule has 2 nitrogen and oxygen atoms in total. The molecule has 1 N–H and O–H groups in total. The van der Waals surface area contributed by atoms with Crippen molar-refractivity contribution in [3.63, 3.8) is 0 Å². The van der Waals surface area contributed by atoms with E-state index in [9.17, 15) is 0 Å². The summed E-state index contributed by atoms with van der Waals surface area (Å²) in [5.41, 5.74) is 0. The second kappa shape index (κ2) is 2.27. The predicted molar refractivity (Wildman–Crippen MR) is 37.2 cm³/mol. The van der Waals surface area contributed by atoms with Gasteiger partial charge in [0.05, 0.1) is 6.17 Å². The lowest BCUT2D eigenvalue weighted by atomic mass is 10.1. The fourth-order valence-corrected chi connectivity index (χ4v) is 1.65. The number of nitrogens with zero attached hydrogens (tertiary/aromatic N) is 1. The van der Waals surface area contributed by atoms with Gasteiger partial charge in [-0.05, 0) is 32.4 Å². The largest absolute Gasteiger partial charge is 0.302 e. The van der Waals surface area contributed by atoms with Crippen LogP contribution >= 0.6 is 0 Å². The van der Waals surface area contributed by atoms with E-state index in [1.807, 2.05) is 0 Å². The van der Waals surface area contributed by atoms with Gasteiger partial charge in [0.15, 0.2) is 0 Å². The summed E-state index contributed by atoms with van der Waals surface area (Å²) in [4.78, 5) is 2.53. The first-order valence-corrected chi connectivity index (χ1v) is 3.94. The summed E-state index contributed by atoms with van der Waals surface area (Å²) < 4.78 is 0. The molecule has 0 saturated carbocycles. The maximum atomic E-state index is 3.51. The van der Waals surface area contributed by atoms with Gasteiger partial charge in [-0.1, -0.05) is 0 Å². The van der Waals surface area contributed by atoms with Crippen LogP contribution in [0.3, 0.4) is 0 Å². The van der Waals surface area contributed by atoms with E-state index in [0.717, 1.165) is 6.17 Å². The van der Waals surface area contributed by atoms with E-state index in [-0.39, 0.29) is 0 Å². The molecule has 2 fully saturated rings. The minimum absolute atomic E-state index is 0.757. The lowest BCUT2D eigenvalue weighted by molar-refractivity contribution is 0.0772. The van der Waals surface area contributed by atoms with Crippen LogP contribution in [0.15, 0.2) is 0 Å². The van der Waals surface area contributed by atoms with Gasteiger partial charge >= 0.3 is 0 Å². The van der Waals surface area contributed by atoms with Crippen LogP contribution < -0.4 is 5.32 Å². The molecule has 0 bridgehead atoms. The van der Waals surface area contributed by atoms with E-state index in [2.05, 4.69) is 10.2 Å². The van der Waals surface area contributed by atoms with Crippen LogP contribution in [-0.4, -0.2) is 30.7 Å². The molecule has 0 aliphatic carbocycles. The Morgan fingerprint density at radius 3 is 3.00 bits per heavy atom. The normalized spacial score (nSPS) is 36.7. The van der Waals surface area contributed by atoms with Gasteiger partial charge in [0.25, 0.3) is 0 Å². The third-order valence-electron chi connectivity index (χ3n) is 2.38. The summed E-state index contributed by atoms with van der Waals surface area (Å²) in [6, 6.07) is 0. The molecule has 2 heteroatoms. The molecule has 1 atom stereocenters. The molecule has 0 aromatic carbocycles. The first-order chi connectivity index (χ1) is 4.47. The summed E-state index contributed by atoms with van der Waals surface area (Å²) in [5.74, 6) is 0. The summed E-state index contributed by atoms with van der Waals surface area (Å²) in [6.45, 7) is 3.90. The molecular weight excluding hydrogens is 112 g/mol. The molecule has 2 rings (SSSR count). The molecule has 52 valence electrons. The third-order valence-corrected chi connectivity index (χ3v) is 2.38. The van der Waals surface area contributed by atoms with Crippen LogP contribution in [0.2, 0.25) is 0 Å². The van der Waals surface area contributed by atoms with E-state index >= 15 is 0 Å². The van der Waals surface area contributed by atoms with Crippen molar-refractivity contribution in [2.75, 3.05) is 19.6 Å². The van der Waals surface area contributed by atoms with E-state index in [1.54, 1.807) is 0 Å². The van der Waals surface area contributed by atoms with Crippen LogP contribution in [0.5, 0.6) is 0 Å². The summed E-state index contributed by atoms with van der Waals surface area (Å²) >= 11 is 0. The molecule has 0 amide bonds. The zero-order chi connectivity index (χ0) is 6.10. The van der Waals surface area contributed by atoms with Crippen molar-refractivity contribution in [1.82, 2.24) is 10.2 Å². The molecule has 2 heterocycles. The molecule has 0 aromatic rings. The highest BCUT2D eigenvalue weighted by molar-refractivity contribution is 4.82. The molecule has 9 heavy (non-hydrogen) atoms. The highest BCUT2D eigenvalue weighted by Gasteiger charge is 2.27. The quantitative estimate of drug-likeness (QED) is 0.505. The van der Waals surface area contributed by atoms with E-state index in [4.69, 9.17) is 0 Å². The van der Waals surface area contributed by atoms with Crippen LogP contribution in [0.1, 0.15) is 19.3 Å². The Morgan fingerprint density at radius 2 is 2.22 bits per heavy atom. The van der Waals surface area contributed by atoms with E-state index < -0.39 is 0 Å². The Kier molecular flexibility index (Phi) is 1.44. The Hall–Kier alpha value is -0.0800. The van der Waals surface area contributed by atoms with Crippen molar-refractivity contribution >= 4 is 0 Å². The van der Waals surface area contributed by atoms with E-state index in [0.29, 0.717) is 0 Å². The first-order valence-electron chi connectivity index (χ1n) is 3.94. The molecule has 1 unspecified atom stereocenters. The van der Waals surface area contributed by atoms with Gasteiger partial charge in [-0.25, -0.2) is 0 Å². The number of hydrogen-bond acceptors (Lipinski definition) is 2. The molecule has 0 spiro atoms. The highest BCUT2D eigenvalue weighted by atomic mass is 15.3. The molecule has 0 aromatic heterocycles. The van der Waals surface area contributed by atoms with Crippen molar-refractivity contribution in [3.8, 4) is 0 Å². The number of nitrogens with one attached hydrogen (secondary N) is 1. The number of fused-ring (bicyclic) bond motifs is 1. The molecule has 2 saturated heterocycles. The van der Waals surface area contributed by atoms with Crippen LogP contribution in [0.25, 0.3) is 0 Å². The topological polar surface area (TPSA) is 15.3 Å². The van der Waals surface area contributed by atoms with E-state index in [1.165, 1.54) is 38.9 Å². The number of rotatable bonds is 0. The predicted octanol–water partition coefficient (Wildman–Crippen LogP) is 0.402. The van der Waals surface area contributed by atoms with Crippen molar-refractivity contribution in [2.45, 2.75) is 25.4 Å². The maximum Gasteiger partial charge on any atom is 0.0609 e. The fourth-order valence-electron chi connectivity index (χ4n) is 1.65. The van der Waals surface area contributed by atoms with Crippen molar-refractivity contribution < 1.29 is 0 Å². The monoisotopic (exact) mass is 126 g/mol. The van der Waals surface area contributed by atoms with Gasteiger partial charge in [-0.15, -0.1) is 0 Å². The second-order valence-corrected chi connectivity index (χ2v) is 3.00. The van der Waals surface area contributed by atoms with Gasteiger partial charge in [0.2, 0.25) is 0 Å². The minimum Gasteiger partial charge on any atom is -0.302 e. The van der Waals surface area contributed by atoms with Crippen molar-refractivity contribution in [3.05, 3.63) is 0 Å². The van der Waals surface area contributed by atoms with Crippen molar-refractivity contribution in [1.29, 1.82) is 0 Å². The lowest BCUT2D eigenvalue weighted by Crippen LogP contribution is -2.54. The third kappa shape index (κ3) is 0.970. The van der Waals surface area contributed by atoms with Gasteiger partial charge in [0, 0.05) is 6.54 Å². The standard InChI is InChI=1S/C7H14N2/c1-2-5-9-6-3-7(9)8-4-1/h7-8H,1-6H2. The van der Waals surface area contributed by atoms with Crippen LogP contribution in [-0.2, 0) is 0 Å². The minimum atomic E-state index is 0.757. The molecular formula is C7H14N2. The zero-order valence-corrected chi connectivity index (χ0v) is 5.77. The molecule has 2 aliphatic heterocycles. The molecule has 2 aliphatic rings. The summed E-state index contributed by atoms with van der Waals surface area (Å²) in [5, 5.41) is 3.51. The van der Waals surface area contributed by atoms with Gasteiger partial charge in [-0.2, -0.15) is 0 Å². The zero-order valence-electron chi connectivity index (χ0n) is 5.77. The van der Waals surface area contributed by atoms with Gasteiger partial charge < -0.3 is 5.32 Å². The fraction of sp³-hybridized carbons (Fsp3) is 1.00. The highest BCUT2D eigenvalue weighted by Crippen LogP contribution is 2.17. The molecule has 0 radical (unpaired) electrons. The summed E-state index contributed by atoms with van der Waals surface area (Å²) in [6.07, 6.45) is 4.89. The first kappa shape index (κ1) is 5.69.